The summed E-state index contributed by atoms with van der Waals surface area (Å²) < 4.78 is 5.20. The largest absolute Gasteiger partial charge is 0.497 e. The van der Waals surface area contributed by atoms with Crippen molar-refractivity contribution in [2.45, 2.75) is 26.2 Å². The average Bonchev–Trinajstić information content (AvgIpc) is 2.59. The van der Waals surface area contributed by atoms with Crippen LogP contribution >= 0.6 is 0 Å². The Hall–Kier alpha value is -2.33. The highest BCUT2D eigenvalue weighted by Crippen LogP contribution is 2.17. The van der Waals surface area contributed by atoms with Gasteiger partial charge in [0.25, 0.3) is 0 Å². The summed E-state index contributed by atoms with van der Waals surface area (Å²) in [7, 11) is 1.66. The van der Waals surface area contributed by atoms with Crippen molar-refractivity contribution in [3.63, 3.8) is 0 Å². The maximum Gasteiger partial charge on any atom is 0.238 e. The summed E-state index contributed by atoms with van der Waals surface area (Å²) in [6.45, 7) is 5.35. The number of carbonyl (C=O) groups excluding carboxylic acids is 1. The molecule has 0 bridgehead atoms. The number of rotatable bonds is 8. The van der Waals surface area contributed by atoms with Gasteiger partial charge in [-0.1, -0.05) is 38.1 Å². The molecule has 4 nitrogen and oxygen atoms in total. The molecule has 0 fully saturated rings. The number of benzene rings is 2. The Labute approximate surface area is 144 Å². The molecule has 2 aromatic carbocycles. The molecule has 2 aromatic rings. The lowest BCUT2D eigenvalue weighted by Crippen LogP contribution is -2.29. The minimum atomic E-state index is -0.0297. The molecule has 0 atom stereocenters. The first-order valence-corrected chi connectivity index (χ1v) is 8.32. The maximum absolute atomic E-state index is 11.9. The van der Waals surface area contributed by atoms with E-state index in [1.54, 1.807) is 7.11 Å². The maximum atomic E-state index is 11.9. The van der Waals surface area contributed by atoms with E-state index >= 15 is 0 Å². The van der Waals surface area contributed by atoms with Crippen LogP contribution in [0.15, 0.2) is 48.5 Å². The van der Waals surface area contributed by atoms with Crippen LogP contribution in [-0.2, 0) is 11.2 Å². The van der Waals surface area contributed by atoms with Gasteiger partial charge in [-0.05, 0) is 54.3 Å². The Morgan fingerprint density at radius 1 is 1.12 bits per heavy atom. The fourth-order valence-electron chi connectivity index (χ4n) is 2.42. The first-order chi connectivity index (χ1) is 11.6. The van der Waals surface area contributed by atoms with Gasteiger partial charge in [-0.3, -0.25) is 4.79 Å². The number of nitrogens with one attached hydrogen (secondary N) is 2. The number of carbonyl (C=O) groups is 1. The van der Waals surface area contributed by atoms with Crippen LogP contribution in [0, 0.1) is 0 Å². The van der Waals surface area contributed by atoms with E-state index in [1.165, 1.54) is 11.1 Å². The van der Waals surface area contributed by atoms with Gasteiger partial charge in [0.1, 0.15) is 5.75 Å². The molecule has 4 heteroatoms. The standard InChI is InChI=1S/C20H26N2O2/c1-15(2)17-7-9-18(10-8-17)22-20(23)14-21-12-11-16-5-4-6-19(13-16)24-3/h4-10,13,15,21H,11-12,14H2,1-3H3,(H,22,23). The Kier molecular flexibility index (Phi) is 6.82. The van der Waals surface area contributed by atoms with Crippen molar-refractivity contribution in [2.24, 2.45) is 0 Å². The average molecular weight is 326 g/mol. The van der Waals surface area contributed by atoms with Gasteiger partial charge in [-0.15, -0.1) is 0 Å². The SMILES string of the molecule is COc1cccc(CCNCC(=O)Nc2ccc(C(C)C)cc2)c1. The fraction of sp³-hybridized carbons (Fsp3) is 0.350. The van der Waals surface area contributed by atoms with Crippen molar-refractivity contribution in [3.8, 4) is 5.75 Å². The highest BCUT2D eigenvalue weighted by atomic mass is 16.5. The van der Waals surface area contributed by atoms with E-state index < -0.39 is 0 Å². The minimum Gasteiger partial charge on any atom is -0.497 e. The van der Waals surface area contributed by atoms with Gasteiger partial charge in [-0.25, -0.2) is 0 Å². The van der Waals surface area contributed by atoms with Crippen LogP contribution < -0.4 is 15.4 Å². The van der Waals surface area contributed by atoms with Crippen LogP contribution in [0.4, 0.5) is 5.69 Å². The topological polar surface area (TPSA) is 50.4 Å². The van der Waals surface area contributed by atoms with E-state index in [9.17, 15) is 4.79 Å². The summed E-state index contributed by atoms with van der Waals surface area (Å²) in [6, 6.07) is 16.0. The Morgan fingerprint density at radius 3 is 2.54 bits per heavy atom. The summed E-state index contributed by atoms with van der Waals surface area (Å²) in [5, 5.41) is 6.07. The highest BCUT2D eigenvalue weighted by Gasteiger charge is 2.03. The lowest BCUT2D eigenvalue weighted by Gasteiger charge is -2.09. The third-order valence-electron chi connectivity index (χ3n) is 3.87. The molecule has 128 valence electrons. The second-order valence-corrected chi connectivity index (χ2v) is 6.10. The van der Waals surface area contributed by atoms with Gasteiger partial charge in [0, 0.05) is 5.69 Å². The molecule has 0 aliphatic carbocycles. The highest BCUT2D eigenvalue weighted by molar-refractivity contribution is 5.92. The van der Waals surface area contributed by atoms with E-state index in [0.29, 0.717) is 12.5 Å². The van der Waals surface area contributed by atoms with E-state index in [0.717, 1.165) is 24.4 Å². The van der Waals surface area contributed by atoms with Crippen LogP contribution in [0.2, 0.25) is 0 Å². The van der Waals surface area contributed by atoms with Crippen molar-refractivity contribution in [1.82, 2.24) is 5.32 Å². The van der Waals surface area contributed by atoms with Crippen LogP contribution in [-0.4, -0.2) is 26.1 Å². The molecule has 0 aliphatic heterocycles. The van der Waals surface area contributed by atoms with Crippen LogP contribution in [0.25, 0.3) is 0 Å². The molecular weight excluding hydrogens is 300 g/mol. The van der Waals surface area contributed by atoms with E-state index in [1.807, 2.05) is 30.3 Å². The molecule has 0 radical (unpaired) electrons. The van der Waals surface area contributed by atoms with E-state index in [4.69, 9.17) is 4.74 Å². The monoisotopic (exact) mass is 326 g/mol. The van der Waals surface area contributed by atoms with Crippen LogP contribution in [0.3, 0.4) is 0 Å². The second kappa shape index (κ2) is 9.08. The Balaban J connectivity index is 1.71. The van der Waals surface area contributed by atoms with Crippen LogP contribution in [0.5, 0.6) is 5.75 Å². The molecule has 0 saturated carbocycles. The summed E-state index contributed by atoms with van der Waals surface area (Å²) in [5.74, 6) is 1.32. The molecule has 2 N–H and O–H groups in total. The van der Waals surface area contributed by atoms with Crippen molar-refractivity contribution < 1.29 is 9.53 Å². The molecule has 0 unspecified atom stereocenters. The third kappa shape index (κ3) is 5.70. The number of anilines is 1. The van der Waals surface area contributed by atoms with Crippen molar-refractivity contribution in [2.75, 3.05) is 25.5 Å². The Bertz CT molecular complexity index is 651. The molecular formula is C20H26N2O2. The number of amides is 1. The number of hydrogen-bond acceptors (Lipinski definition) is 3. The van der Waals surface area contributed by atoms with Crippen molar-refractivity contribution in [1.29, 1.82) is 0 Å². The molecule has 0 spiro atoms. The lowest BCUT2D eigenvalue weighted by molar-refractivity contribution is -0.115. The molecule has 2 rings (SSSR count). The first kappa shape index (κ1) is 18.0. The van der Waals surface area contributed by atoms with Gasteiger partial charge in [-0.2, -0.15) is 0 Å². The van der Waals surface area contributed by atoms with Crippen molar-refractivity contribution >= 4 is 11.6 Å². The molecule has 0 aromatic heterocycles. The minimum absolute atomic E-state index is 0.0297. The number of ether oxygens (including phenoxy) is 1. The van der Waals surface area contributed by atoms with Crippen LogP contribution in [0.1, 0.15) is 30.9 Å². The zero-order valence-corrected chi connectivity index (χ0v) is 14.6. The molecule has 0 aliphatic rings. The summed E-state index contributed by atoms with van der Waals surface area (Å²) in [5.41, 5.74) is 3.29. The van der Waals surface area contributed by atoms with Gasteiger partial charge >= 0.3 is 0 Å². The summed E-state index contributed by atoms with van der Waals surface area (Å²) >= 11 is 0. The smallest absolute Gasteiger partial charge is 0.238 e. The number of hydrogen-bond donors (Lipinski definition) is 2. The number of methoxy groups -OCH3 is 1. The quantitative estimate of drug-likeness (QED) is 0.729. The van der Waals surface area contributed by atoms with Gasteiger partial charge in [0.2, 0.25) is 5.91 Å². The van der Waals surface area contributed by atoms with Gasteiger partial charge in [0.05, 0.1) is 13.7 Å². The molecule has 0 heterocycles. The molecule has 24 heavy (non-hydrogen) atoms. The summed E-state index contributed by atoms with van der Waals surface area (Å²) in [6.07, 6.45) is 0.855. The third-order valence-corrected chi connectivity index (χ3v) is 3.87. The summed E-state index contributed by atoms with van der Waals surface area (Å²) in [4.78, 5) is 11.9. The fourth-order valence-corrected chi connectivity index (χ4v) is 2.42. The first-order valence-electron chi connectivity index (χ1n) is 8.32. The lowest BCUT2D eigenvalue weighted by atomic mass is 10.0. The van der Waals surface area contributed by atoms with E-state index in [-0.39, 0.29) is 5.91 Å². The predicted octanol–water partition coefficient (Wildman–Crippen LogP) is 3.59. The second-order valence-electron chi connectivity index (χ2n) is 6.10. The molecule has 0 saturated heterocycles. The van der Waals surface area contributed by atoms with Gasteiger partial charge in [0.15, 0.2) is 0 Å². The Morgan fingerprint density at radius 2 is 1.88 bits per heavy atom. The zero-order chi connectivity index (χ0) is 17.4. The zero-order valence-electron chi connectivity index (χ0n) is 14.6. The van der Waals surface area contributed by atoms with Crippen molar-refractivity contribution in [3.05, 3.63) is 59.7 Å². The van der Waals surface area contributed by atoms with Gasteiger partial charge < -0.3 is 15.4 Å². The predicted molar refractivity (Wildman–Crippen MR) is 98.7 cm³/mol. The van der Waals surface area contributed by atoms with E-state index in [2.05, 4.69) is 42.7 Å². The normalized spacial score (nSPS) is 10.7. The molecule has 1 amide bonds.